The Labute approximate surface area is 115 Å². The molecule has 0 aliphatic rings. The van der Waals surface area contributed by atoms with Crippen LogP contribution in [-0.4, -0.2) is 35.8 Å². The first-order chi connectivity index (χ1) is 9.33. The predicted octanol–water partition coefficient (Wildman–Crippen LogP) is 1.64. The Bertz CT molecular complexity index is 437. The van der Waals surface area contributed by atoms with Crippen molar-refractivity contribution >= 4 is 17.9 Å². The molecule has 0 aromatic heterocycles. The summed E-state index contributed by atoms with van der Waals surface area (Å²) in [6.45, 7) is 0.301. The monoisotopic (exact) mass is 275 g/mol. The Morgan fingerprint density at radius 3 is 1.32 bits per heavy atom. The number of aliphatic hydroxyl groups is 2. The lowest BCUT2D eigenvalue weighted by Gasteiger charge is -2.26. The van der Waals surface area contributed by atoms with Crippen molar-refractivity contribution in [1.29, 1.82) is 0 Å². The minimum atomic E-state index is -1.70. The predicted molar refractivity (Wildman–Crippen MR) is 83.0 cm³/mol. The SMILES string of the molecule is OCC[P+](CCO)(c1ccccc1)c1ccccc1. The van der Waals surface area contributed by atoms with Gasteiger partial charge in [-0.3, -0.25) is 0 Å². The molecule has 0 heterocycles. The van der Waals surface area contributed by atoms with Crippen molar-refractivity contribution < 1.29 is 10.2 Å². The summed E-state index contributed by atoms with van der Waals surface area (Å²) in [6.07, 6.45) is 1.45. The normalized spacial score (nSPS) is 11.5. The highest BCUT2D eigenvalue weighted by molar-refractivity contribution is 7.89. The van der Waals surface area contributed by atoms with E-state index in [1.165, 1.54) is 10.6 Å². The first kappa shape index (κ1) is 14.2. The van der Waals surface area contributed by atoms with Crippen molar-refractivity contribution in [3.8, 4) is 0 Å². The summed E-state index contributed by atoms with van der Waals surface area (Å²) < 4.78 is 0. The van der Waals surface area contributed by atoms with E-state index in [4.69, 9.17) is 0 Å². The zero-order valence-corrected chi connectivity index (χ0v) is 11.8. The third-order valence-corrected chi connectivity index (χ3v) is 7.96. The van der Waals surface area contributed by atoms with Crippen molar-refractivity contribution in [2.45, 2.75) is 0 Å². The van der Waals surface area contributed by atoms with E-state index in [0.29, 0.717) is 0 Å². The molecule has 0 amide bonds. The molecule has 0 fully saturated rings. The molecule has 0 saturated heterocycles. The summed E-state index contributed by atoms with van der Waals surface area (Å²) in [5.41, 5.74) is 0. The van der Waals surface area contributed by atoms with Crippen LogP contribution in [0.25, 0.3) is 0 Å². The first-order valence-electron chi connectivity index (χ1n) is 6.53. The summed E-state index contributed by atoms with van der Waals surface area (Å²) in [4.78, 5) is 0. The van der Waals surface area contributed by atoms with Crippen LogP contribution in [0.1, 0.15) is 0 Å². The maximum atomic E-state index is 9.50. The Kier molecular flexibility index (Phi) is 5.09. The molecule has 0 aliphatic carbocycles. The molecule has 0 spiro atoms. The van der Waals surface area contributed by atoms with Gasteiger partial charge in [0.05, 0.1) is 43.4 Å². The van der Waals surface area contributed by atoms with Gasteiger partial charge in [-0.2, -0.15) is 0 Å². The third-order valence-electron chi connectivity index (χ3n) is 3.46. The number of hydrogen-bond acceptors (Lipinski definition) is 2. The molecule has 100 valence electrons. The summed E-state index contributed by atoms with van der Waals surface area (Å²) in [7, 11) is -1.70. The average molecular weight is 275 g/mol. The van der Waals surface area contributed by atoms with Crippen LogP contribution in [0.4, 0.5) is 0 Å². The van der Waals surface area contributed by atoms with Gasteiger partial charge in [0.15, 0.2) is 0 Å². The Hall–Kier alpha value is -1.21. The summed E-state index contributed by atoms with van der Waals surface area (Å²) in [6, 6.07) is 20.6. The molecule has 0 radical (unpaired) electrons. The summed E-state index contributed by atoms with van der Waals surface area (Å²) in [5, 5.41) is 21.5. The fourth-order valence-electron chi connectivity index (χ4n) is 2.55. The highest BCUT2D eigenvalue weighted by atomic mass is 31.2. The molecule has 0 unspecified atom stereocenters. The largest absolute Gasteiger partial charge is 0.393 e. The first-order valence-corrected chi connectivity index (χ1v) is 8.69. The van der Waals surface area contributed by atoms with Gasteiger partial charge >= 0.3 is 0 Å². The number of aliphatic hydroxyl groups excluding tert-OH is 2. The Balaban J connectivity index is 2.54. The van der Waals surface area contributed by atoms with Gasteiger partial charge in [0.2, 0.25) is 0 Å². The van der Waals surface area contributed by atoms with Crippen molar-refractivity contribution in [2.75, 3.05) is 25.5 Å². The van der Waals surface area contributed by atoms with Gasteiger partial charge in [-0.1, -0.05) is 36.4 Å². The van der Waals surface area contributed by atoms with E-state index in [-0.39, 0.29) is 13.2 Å². The Morgan fingerprint density at radius 1 is 0.632 bits per heavy atom. The van der Waals surface area contributed by atoms with Crippen molar-refractivity contribution in [3.05, 3.63) is 60.7 Å². The molecule has 2 aromatic carbocycles. The van der Waals surface area contributed by atoms with Crippen LogP contribution in [-0.2, 0) is 0 Å². The lowest BCUT2D eigenvalue weighted by molar-refractivity contribution is 0.315. The standard InChI is InChI=1S/C16H20O2P/c17-11-13-19(14-12-18,15-7-3-1-4-8-15)16-9-5-2-6-10-16/h1-10,17-18H,11-14H2/q+1. The molecule has 2 rings (SSSR count). The summed E-state index contributed by atoms with van der Waals surface area (Å²) >= 11 is 0. The van der Waals surface area contributed by atoms with Gasteiger partial charge in [-0.25, -0.2) is 0 Å². The van der Waals surface area contributed by atoms with E-state index < -0.39 is 7.26 Å². The van der Waals surface area contributed by atoms with Gasteiger partial charge in [-0.15, -0.1) is 0 Å². The minimum absolute atomic E-state index is 0.150. The van der Waals surface area contributed by atoms with E-state index in [9.17, 15) is 10.2 Å². The van der Waals surface area contributed by atoms with Crippen LogP contribution in [0.5, 0.6) is 0 Å². The lowest BCUT2D eigenvalue weighted by Crippen LogP contribution is -2.29. The molecule has 2 nitrogen and oxygen atoms in total. The lowest BCUT2D eigenvalue weighted by atomic mass is 10.4. The smallest absolute Gasteiger partial charge is 0.0993 e. The maximum absolute atomic E-state index is 9.50. The van der Waals surface area contributed by atoms with Crippen molar-refractivity contribution in [2.24, 2.45) is 0 Å². The third kappa shape index (κ3) is 3.03. The van der Waals surface area contributed by atoms with Crippen LogP contribution in [0.3, 0.4) is 0 Å². The molecule has 2 aromatic rings. The van der Waals surface area contributed by atoms with Crippen LogP contribution >= 0.6 is 7.26 Å². The highest BCUT2D eigenvalue weighted by Crippen LogP contribution is 2.55. The minimum Gasteiger partial charge on any atom is -0.393 e. The highest BCUT2D eigenvalue weighted by Gasteiger charge is 2.41. The second kappa shape index (κ2) is 6.81. The van der Waals surface area contributed by atoms with E-state index >= 15 is 0 Å². The van der Waals surface area contributed by atoms with Gasteiger partial charge < -0.3 is 10.2 Å². The fraction of sp³-hybridized carbons (Fsp3) is 0.250. The zero-order valence-electron chi connectivity index (χ0n) is 10.9. The van der Waals surface area contributed by atoms with E-state index in [2.05, 4.69) is 24.3 Å². The van der Waals surface area contributed by atoms with Gasteiger partial charge in [0.25, 0.3) is 0 Å². The van der Waals surface area contributed by atoms with Crippen LogP contribution in [0.15, 0.2) is 60.7 Å². The molecule has 0 atom stereocenters. The molecular weight excluding hydrogens is 255 g/mol. The molecule has 0 aliphatic heterocycles. The van der Waals surface area contributed by atoms with Gasteiger partial charge in [0, 0.05) is 0 Å². The van der Waals surface area contributed by atoms with Crippen LogP contribution in [0.2, 0.25) is 0 Å². The summed E-state index contributed by atoms with van der Waals surface area (Å²) in [5.74, 6) is 0. The van der Waals surface area contributed by atoms with Crippen LogP contribution < -0.4 is 10.6 Å². The second-order valence-electron chi connectivity index (χ2n) is 4.53. The Morgan fingerprint density at radius 2 is 1.00 bits per heavy atom. The van der Waals surface area contributed by atoms with E-state index in [1.54, 1.807) is 0 Å². The molecule has 2 N–H and O–H groups in total. The van der Waals surface area contributed by atoms with Crippen molar-refractivity contribution in [1.82, 2.24) is 0 Å². The molecule has 3 heteroatoms. The maximum Gasteiger partial charge on any atom is 0.0993 e. The van der Waals surface area contributed by atoms with Crippen LogP contribution in [0, 0.1) is 0 Å². The van der Waals surface area contributed by atoms with E-state index in [1.807, 2.05) is 36.4 Å². The quantitative estimate of drug-likeness (QED) is 0.787. The molecular formula is C16H20O2P+. The van der Waals surface area contributed by atoms with E-state index in [0.717, 1.165) is 12.3 Å². The fourth-order valence-corrected chi connectivity index (χ4v) is 6.27. The molecule has 19 heavy (non-hydrogen) atoms. The van der Waals surface area contributed by atoms with Gasteiger partial charge in [0.1, 0.15) is 0 Å². The molecule has 0 bridgehead atoms. The number of hydrogen-bond donors (Lipinski definition) is 2. The van der Waals surface area contributed by atoms with Gasteiger partial charge in [-0.05, 0) is 24.3 Å². The zero-order chi connectivity index (χ0) is 13.6. The number of benzene rings is 2. The second-order valence-corrected chi connectivity index (χ2v) is 8.40. The van der Waals surface area contributed by atoms with Crippen molar-refractivity contribution in [3.63, 3.8) is 0 Å². The molecule has 0 saturated carbocycles. The number of rotatable bonds is 6. The average Bonchev–Trinajstić information content (AvgIpc) is 2.49. The topological polar surface area (TPSA) is 40.5 Å².